The quantitative estimate of drug-likeness (QED) is 0.753. The zero-order chi connectivity index (χ0) is 13.1. The molecule has 0 saturated carbocycles. The van der Waals surface area contributed by atoms with Crippen molar-refractivity contribution in [2.24, 2.45) is 0 Å². The molecule has 0 radical (unpaired) electrons. The Hall–Kier alpha value is -0.890. The standard InChI is InChI=1S/C14H12Cl3N/c1-9(10-5-6-13(16)14(17)7-10)18-12-4-2-3-11(15)8-12/h2-9,18H,1H3. The van der Waals surface area contributed by atoms with E-state index in [0.717, 1.165) is 11.3 Å². The van der Waals surface area contributed by atoms with Crippen LogP contribution in [0.15, 0.2) is 42.5 Å². The molecule has 0 spiro atoms. The van der Waals surface area contributed by atoms with Crippen LogP contribution in [0.2, 0.25) is 15.1 Å². The monoisotopic (exact) mass is 299 g/mol. The van der Waals surface area contributed by atoms with Gasteiger partial charge in [-0.25, -0.2) is 0 Å². The van der Waals surface area contributed by atoms with Gasteiger partial charge in [-0.15, -0.1) is 0 Å². The summed E-state index contributed by atoms with van der Waals surface area (Å²) >= 11 is 17.8. The van der Waals surface area contributed by atoms with Crippen molar-refractivity contribution >= 4 is 40.5 Å². The number of nitrogens with one attached hydrogen (secondary N) is 1. The first-order chi connectivity index (χ1) is 8.56. The number of hydrogen-bond donors (Lipinski definition) is 1. The van der Waals surface area contributed by atoms with Crippen molar-refractivity contribution in [3.8, 4) is 0 Å². The third-order valence-corrected chi connectivity index (χ3v) is 3.63. The van der Waals surface area contributed by atoms with E-state index in [9.17, 15) is 0 Å². The fraction of sp³-hybridized carbons (Fsp3) is 0.143. The average Bonchev–Trinajstić information content (AvgIpc) is 2.32. The van der Waals surface area contributed by atoms with Crippen molar-refractivity contribution < 1.29 is 0 Å². The number of anilines is 1. The Balaban J connectivity index is 2.16. The molecule has 2 rings (SSSR count). The summed E-state index contributed by atoms with van der Waals surface area (Å²) in [5, 5.41) is 5.20. The predicted molar refractivity (Wildman–Crippen MR) is 80.0 cm³/mol. The molecule has 1 N–H and O–H groups in total. The molecule has 1 atom stereocenters. The molecule has 0 bridgehead atoms. The molecule has 2 aromatic rings. The molecule has 1 nitrogen and oxygen atoms in total. The fourth-order valence-corrected chi connectivity index (χ4v) is 2.19. The highest BCUT2D eigenvalue weighted by Crippen LogP contribution is 2.27. The van der Waals surface area contributed by atoms with Crippen molar-refractivity contribution in [1.29, 1.82) is 0 Å². The third-order valence-electron chi connectivity index (χ3n) is 2.65. The molecule has 2 aromatic carbocycles. The lowest BCUT2D eigenvalue weighted by atomic mass is 10.1. The molecule has 0 heterocycles. The van der Waals surface area contributed by atoms with Crippen LogP contribution in [-0.2, 0) is 0 Å². The van der Waals surface area contributed by atoms with Crippen LogP contribution in [0.3, 0.4) is 0 Å². The van der Waals surface area contributed by atoms with E-state index < -0.39 is 0 Å². The van der Waals surface area contributed by atoms with Crippen molar-refractivity contribution in [3.63, 3.8) is 0 Å². The molecule has 18 heavy (non-hydrogen) atoms. The molecule has 0 aliphatic heterocycles. The van der Waals surface area contributed by atoms with E-state index in [-0.39, 0.29) is 6.04 Å². The maximum absolute atomic E-state index is 6.01. The van der Waals surface area contributed by atoms with Gasteiger partial charge in [0.05, 0.1) is 10.0 Å². The van der Waals surface area contributed by atoms with Gasteiger partial charge in [-0.3, -0.25) is 0 Å². The average molecular weight is 301 g/mol. The zero-order valence-corrected chi connectivity index (χ0v) is 12.0. The first-order valence-corrected chi connectivity index (χ1v) is 6.66. The van der Waals surface area contributed by atoms with Gasteiger partial charge in [0, 0.05) is 16.8 Å². The van der Waals surface area contributed by atoms with Gasteiger partial charge in [0.1, 0.15) is 0 Å². The van der Waals surface area contributed by atoms with Gasteiger partial charge in [-0.2, -0.15) is 0 Å². The largest absolute Gasteiger partial charge is 0.378 e. The van der Waals surface area contributed by atoms with Crippen LogP contribution in [0.5, 0.6) is 0 Å². The van der Waals surface area contributed by atoms with Crippen LogP contribution >= 0.6 is 34.8 Å². The van der Waals surface area contributed by atoms with E-state index in [0.29, 0.717) is 15.1 Å². The Morgan fingerprint density at radius 3 is 2.39 bits per heavy atom. The van der Waals surface area contributed by atoms with Gasteiger partial charge in [0.25, 0.3) is 0 Å². The lowest BCUT2D eigenvalue weighted by Gasteiger charge is -2.16. The van der Waals surface area contributed by atoms with E-state index in [4.69, 9.17) is 34.8 Å². The smallest absolute Gasteiger partial charge is 0.0595 e. The maximum atomic E-state index is 6.01. The fourth-order valence-electron chi connectivity index (χ4n) is 1.69. The molecule has 4 heteroatoms. The van der Waals surface area contributed by atoms with E-state index >= 15 is 0 Å². The Bertz CT molecular complexity index is 554. The number of halogens is 3. The third kappa shape index (κ3) is 3.32. The Labute approximate surface area is 122 Å². The topological polar surface area (TPSA) is 12.0 Å². The normalized spacial score (nSPS) is 12.2. The molecule has 0 aromatic heterocycles. The SMILES string of the molecule is CC(Nc1cccc(Cl)c1)c1ccc(Cl)c(Cl)c1. The van der Waals surface area contributed by atoms with Crippen LogP contribution in [0.4, 0.5) is 5.69 Å². The Morgan fingerprint density at radius 1 is 0.944 bits per heavy atom. The van der Waals surface area contributed by atoms with Crippen LogP contribution < -0.4 is 5.32 Å². The van der Waals surface area contributed by atoms with Crippen LogP contribution in [0, 0.1) is 0 Å². The lowest BCUT2D eigenvalue weighted by Crippen LogP contribution is -2.06. The van der Waals surface area contributed by atoms with Crippen molar-refractivity contribution in [1.82, 2.24) is 0 Å². The van der Waals surface area contributed by atoms with Crippen molar-refractivity contribution in [2.45, 2.75) is 13.0 Å². The van der Waals surface area contributed by atoms with E-state index in [1.807, 2.05) is 36.4 Å². The van der Waals surface area contributed by atoms with Crippen LogP contribution in [-0.4, -0.2) is 0 Å². The molecule has 0 fully saturated rings. The molecule has 0 saturated heterocycles. The Kier molecular flexibility index (Phi) is 4.39. The van der Waals surface area contributed by atoms with Gasteiger partial charge in [-0.1, -0.05) is 46.9 Å². The summed E-state index contributed by atoms with van der Waals surface area (Å²) in [6.45, 7) is 2.06. The second-order valence-electron chi connectivity index (χ2n) is 4.05. The second kappa shape index (κ2) is 5.83. The highest BCUT2D eigenvalue weighted by Gasteiger charge is 2.07. The minimum atomic E-state index is 0.123. The molecular weight excluding hydrogens is 289 g/mol. The number of rotatable bonds is 3. The molecule has 0 aliphatic rings. The predicted octanol–water partition coefficient (Wildman–Crippen LogP) is 5.82. The van der Waals surface area contributed by atoms with Crippen LogP contribution in [0.25, 0.3) is 0 Å². The van der Waals surface area contributed by atoms with Gasteiger partial charge < -0.3 is 5.32 Å². The molecule has 94 valence electrons. The summed E-state index contributed by atoms with van der Waals surface area (Å²) in [7, 11) is 0. The van der Waals surface area contributed by atoms with E-state index in [1.165, 1.54) is 0 Å². The highest BCUT2D eigenvalue weighted by atomic mass is 35.5. The summed E-state index contributed by atoms with van der Waals surface area (Å²) in [6.07, 6.45) is 0. The maximum Gasteiger partial charge on any atom is 0.0595 e. The van der Waals surface area contributed by atoms with Gasteiger partial charge >= 0.3 is 0 Å². The van der Waals surface area contributed by atoms with Crippen molar-refractivity contribution in [3.05, 3.63) is 63.1 Å². The number of benzene rings is 2. The summed E-state index contributed by atoms with van der Waals surface area (Å²) in [5.74, 6) is 0. The van der Waals surface area contributed by atoms with Gasteiger partial charge in [0.15, 0.2) is 0 Å². The van der Waals surface area contributed by atoms with Crippen molar-refractivity contribution in [2.75, 3.05) is 5.32 Å². The highest BCUT2D eigenvalue weighted by molar-refractivity contribution is 6.42. The molecule has 0 aliphatic carbocycles. The Morgan fingerprint density at radius 2 is 1.72 bits per heavy atom. The van der Waals surface area contributed by atoms with E-state index in [2.05, 4.69) is 12.2 Å². The summed E-state index contributed by atoms with van der Waals surface area (Å²) in [4.78, 5) is 0. The molecule has 1 unspecified atom stereocenters. The zero-order valence-electron chi connectivity index (χ0n) is 9.75. The second-order valence-corrected chi connectivity index (χ2v) is 5.30. The van der Waals surface area contributed by atoms with Crippen LogP contribution in [0.1, 0.15) is 18.5 Å². The first-order valence-electron chi connectivity index (χ1n) is 5.53. The first kappa shape index (κ1) is 13.5. The summed E-state index contributed by atoms with van der Waals surface area (Å²) < 4.78 is 0. The molecular formula is C14H12Cl3N. The summed E-state index contributed by atoms with van der Waals surface area (Å²) in [6, 6.07) is 13.4. The lowest BCUT2D eigenvalue weighted by molar-refractivity contribution is 0.885. The molecule has 0 amide bonds. The summed E-state index contributed by atoms with van der Waals surface area (Å²) in [5.41, 5.74) is 2.05. The van der Waals surface area contributed by atoms with Gasteiger partial charge in [0.2, 0.25) is 0 Å². The number of hydrogen-bond acceptors (Lipinski definition) is 1. The van der Waals surface area contributed by atoms with E-state index in [1.54, 1.807) is 6.07 Å². The minimum absolute atomic E-state index is 0.123. The van der Waals surface area contributed by atoms with Gasteiger partial charge in [-0.05, 0) is 42.8 Å². The minimum Gasteiger partial charge on any atom is -0.378 e.